The number of nitrogens with zero attached hydrogens (tertiary/aromatic N) is 1. The lowest BCUT2D eigenvalue weighted by Crippen LogP contribution is -2.02. The topological polar surface area (TPSA) is 70.5 Å². The minimum atomic E-state index is -0.447. The Balaban J connectivity index is 2.81. The summed E-state index contributed by atoms with van der Waals surface area (Å²) in [4.78, 5) is 0. The van der Waals surface area contributed by atoms with Gasteiger partial charge in [-0.3, -0.25) is 0 Å². The zero-order valence-corrected chi connectivity index (χ0v) is 11.2. The zero-order chi connectivity index (χ0) is 14.2. The Morgan fingerprint density at radius 2 is 1.79 bits per heavy atom. The van der Waals surface area contributed by atoms with Gasteiger partial charge in [0.05, 0.1) is 19.8 Å². The quantitative estimate of drug-likeness (QED) is 0.924. The van der Waals surface area contributed by atoms with Crippen LogP contribution in [0.3, 0.4) is 0 Å². The zero-order valence-electron chi connectivity index (χ0n) is 11.2. The first kappa shape index (κ1) is 13.2. The minimum Gasteiger partial charge on any atom is -0.496 e. The summed E-state index contributed by atoms with van der Waals surface area (Å²) in [5.74, 6) is 0.286. The van der Waals surface area contributed by atoms with Crippen LogP contribution in [0.25, 0.3) is 11.3 Å². The van der Waals surface area contributed by atoms with Crippen LogP contribution in [0.1, 0.15) is 11.1 Å². The summed E-state index contributed by atoms with van der Waals surface area (Å²) < 4.78 is 29.4. The van der Waals surface area contributed by atoms with E-state index in [-0.39, 0.29) is 11.6 Å². The monoisotopic (exact) mass is 266 g/mol. The fourth-order valence-electron chi connectivity index (χ4n) is 2.12. The smallest absolute Gasteiger partial charge is 0.222 e. The summed E-state index contributed by atoms with van der Waals surface area (Å²) in [6.45, 7) is 3.34. The summed E-state index contributed by atoms with van der Waals surface area (Å²) in [6.07, 6.45) is 0. The van der Waals surface area contributed by atoms with Gasteiger partial charge in [0, 0.05) is 17.2 Å². The van der Waals surface area contributed by atoms with E-state index in [4.69, 9.17) is 19.7 Å². The number of halogens is 1. The summed E-state index contributed by atoms with van der Waals surface area (Å²) in [5.41, 5.74) is 7.54. The lowest BCUT2D eigenvalue weighted by atomic mass is 9.99. The molecule has 0 unspecified atom stereocenters. The van der Waals surface area contributed by atoms with Crippen molar-refractivity contribution in [1.29, 1.82) is 0 Å². The Morgan fingerprint density at radius 3 is 2.26 bits per heavy atom. The van der Waals surface area contributed by atoms with Gasteiger partial charge in [0.25, 0.3) is 0 Å². The first-order valence-corrected chi connectivity index (χ1v) is 5.64. The van der Waals surface area contributed by atoms with E-state index in [2.05, 4.69) is 5.16 Å². The van der Waals surface area contributed by atoms with Crippen LogP contribution in [-0.4, -0.2) is 19.4 Å². The molecule has 5 nitrogen and oxygen atoms in total. The van der Waals surface area contributed by atoms with Crippen molar-refractivity contribution in [3.8, 4) is 22.8 Å². The summed E-state index contributed by atoms with van der Waals surface area (Å²) in [5, 5.41) is 3.84. The molecule has 2 aromatic rings. The van der Waals surface area contributed by atoms with Crippen molar-refractivity contribution in [2.24, 2.45) is 0 Å². The van der Waals surface area contributed by atoms with Crippen LogP contribution in [0, 0.1) is 19.7 Å². The predicted octanol–water partition coefficient (Wildman–Crippen LogP) is 2.70. The van der Waals surface area contributed by atoms with Crippen molar-refractivity contribution in [3.05, 3.63) is 23.0 Å². The van der Waals surface area contributed by atoms with E-state index in [9.17, 15) is 4.39 Å². The SMILES string of the molecule is COc1c(C)c(-c2cc(N)on2)c(OC)c(C)c1F. The van der Waals surface area contributed by atoms with Crippen LogP contribution >= 0.6 is 0 Å². The highest BCUT2D eigenvalue weighted by molar-refractivity contribution is 5.76. The van der Waals surface area contributed by atoms with Crippen LogP contribution in [-0.2, 0) is 0 Å². The van der Waals surface area contributed by atoms with Gasteiger partial charge in [0.15, 0.2) is 11.6 Å². The lowest BCUT2D eigenvalue weighted by molar-refractivity contribution is 0.371. The summed E-state index contributed by atoms with van der Waals surface area (Å²) in [6, 6.07) is 1.56. The van der Waals surface area contributed by atoms with Gasteiger partial charge >= 0.3 is 0 Å². The van der Waals surface area contributed by atoms with Crippen molar-refractivity contribution in [1.82, 2.24) is 5.16 Å². The van der Waals surface area contributed by atoms with E-state index >= 15 is 0 Å². The maximum atomic E-state index is 14.1. The number of hydrogen-bond donors (Lipinski definition) is 1. The van der Waals surface area contributed by atoms with Gasteiger partial charge in [-0.1, -0.05) is 5.16 Å². The molecule has 0 bridgehead atoms. The molecule has 0 atom stereocenters. The molecule has 0 saturated carbocycles. The molecule has 0 fully saturated rings. The van der Waals surface area contributed by atoms with Gasteiger partial charge in [-0.2, -0.15) is 0 Å². The highest BCUT2D eigenvalue weighted by Gasteiger charge is 2.24. The minimum absolute atomic E-state index is 0.162. The molecule has 6 heteroatoms. The van der Waals surface area contributed by atoms with E-state index < -0.39 is 5.82 Å². The first-order valence-electron chi connectivity index (χ1n) is 5.64. The van der Waals surface area contributed by atoms with E-state index in [1.54, 1.807) is 19.9 Å². The molecular formula is C13H15FN2O3. The second kappa shape index (κ2) is 4.79. The summed E-state index contributed by atoms with van der Waals surface area (Å²) >= 11 is 0. The molecule has 0 saturated heterocycles. The van der Waals surface area contributed by atoms with Crippen molar-refractivity contribution >= 4 is 5.88 Å². The molecule has 0 spiro atoms. The maximum absolute atomic E-state index is 14.1. The molecule has 0 amide bonds. The summed E-state index contributed by atoms with van der Waals surface area (Å²) in [7, 11) is 2.89. The van der Waals surface area contributed by atoms with E-state index in [0.717, 1.165) is 0 Å². The number of ether oxygens (including phenoxy) is 2. The number of nitrogens with two attached hydrogens (primary N) is 1. The Hall–Kier alpha value is -2.24. The average Bonchev–Trinajstić information content (AvgIpc) is 2.80. The molecule has 0 aliphatic carbocycles. The van der Waals surface area contributed by atoms with Gasteiger partial charge < -0.3 is 19.7 Å². The van der Waals surface area contributed by atoms with Crippen molar-refractivity contribution < 1.29 is 18.4 Å². The van der Waals surface area contributed by atoms with Crippen molar-refractivity contribution in [2.45, 2.75) is 13.8 Å². The Labute approximate surface area is 110 Å². The third-order valence-corrected chi connectivity index (χ3v) is 3.00. The third kappa shape index (κ3) is 1.99. The van der Waals surface area contributed by atoms with Gasteiger partial charge in [-0.15, -0.1) is 0 Å². The largest absolute Gasteiger partial charge is 0.496 e. The normalized spacial score (nSPS) is 10.6. The molecule has 2 rings (SSSR count). The second-order valence-electron chi connectivity index (χ2n) is 4.12. The van der Waals surface area contributed by atoms with Crippen molar-refractivity contribution in [2.75, 3.05) is 20.0 Å². The highest BCUT2D eigenvalue weighted by Crippen LogP contribution is 2.42. The van der Waals surface area contributed by atoms with Crippen LogP contribution in [0.5, 0.6) is 11.5 Å². The first-order chi connectivity index (χ1) is 9.01. The number of benzene rings is 1. The average molecular weight is 266 g/mol. The molecule has 1 aromatic carbocycles. The molecule has 0 aliphatic heterocycles. The van der Waals surface area contributed by atoms with Crippen LogP contribution in [0.15, 0.2) is 10.6 Å². The molecule has 19 heavy (non-hydrogen) atoms. The van der Waals surface area contributed by atoms with E-state index in [1.807, 2.05) is 0 Å². The molecule has 1 heterocycles. The highest BCUT2D eigenvalue weighted by atomic mass is 19.1. The Morgan fingerprint density at radius 1 is 1.16 bits per heavy atom. The number of anilines is 1. The molecule has 1 aromatic heterocycles. The Bertz CT molecular complexity index is 623. The number of hydrogen-bond acceptors (Lipinski definition) is 5. The van der Waals surface area contributed by atoms with Gasteiger partial charge in [0.1, 0.15) is 11.4 Å². The van der Waals surface area contributed by atoms with E-state index in [1.165, 1.54) is 14.2 Å². The van der Waals surface area contributed by atoms with Crippen LogP contribution < -0.4 is 15.2 Å². The lowest BCUT2D eigenvalue weighted by Gasteiger charge is -2.17. The predicted molar refractivity (Wildman–Crippen MR) is 68.9 cm³/mol. The maximum Gasteiger partial charge on any atom is 0.222 e. The molecule has 102 valence electrons. The molecule has 2 N–H and O–H groups in total. The Kier molecular flexibility index (Phi) is 3.33. The molecule has 0 radical (unpaired) electrons. The van der Waals surface area contributed by atoms with Gasteiger partial charge in [-0.05, 0) is 13.8 Å². The fourth-order valence-corrected chi connectivity index (χ4v) is 2.12. The number of rotatable bonds is 3. The molecular weight excluding hydrogens is 251 g/mol. The van der Waals surface area contributed by atoms with E-state index in [0.29, 0.717) is 28.1 Å². The van der Waals surface area contributed by atoms with Gasteiger partial charge in [0.2, 0.25) is 5.88 Å². The fraction of sp³-hybridized carbons (Fsp3) is 0.308. The third-order valence-electron chi connectivity index (χ3n) is 3.00. The standard InChI is InChI=1S/C13H15FN2O3/c1-6-10(8-5-9(15)19-16-8)12(17-3)7(2)11(14)13(6)18-4/h5H,15H2,1-4H3. The number of aromatic nitrogens is 1. The molecule has 0 aliphatic rings. The van der Waals surface area contributed by atoms with Crippen molar-refractivity contribution in [3.63, 3.8) is 0 Å². The van der Waals surface area contributed by atoms with Crippen LogP contribution in [0.2, 0.25) is 0 Å². The van der Waals surface area contributed by atoms with Crippen LogP contribution in [0.4, 0.5) is 10.3 Å². The number of methoxy groups -OCH3 is 2. The second-order valence-corrected chi connectivity index (χ2v) is 4.12. The number of nitrogen functional groups attached to an aromatic ring is 1. The van der Waals surface area contributed by atoms with Gasteiger partial charge in [-0.25, -0.2) is 4.39 Å².